The molecular formula is C47H58ClN10O6PS. The van der Waals surface area contributed by atoms with Crippen molar-refractivity contribution in [3.05, 3.63) is 83.0 Å². The molecule has 350 valence electrons. The number of rotatable bonds is 17. The number of hydrogen-bond donors (Lipinski definition) is 4. The Labute approximate surface area is 395 Å². The van der Waals surface area contributed by atoms with E-state index in [1.165, 1.54) is 6.20 Å². The third kappa shape index (κ3) is 11.3. The van der Waals surface area contributed by atoms with Crippen LogP contribution in [0.1, 0.15) is 54.4 Å². The van der Waals surface area contributed by atoms with Gasteiger partial charge in [0.15, 0.2) is 5.82 Å². The summed E-state index contributed by atoms with van der Waals surface area (Å²) in [6.45, 7) is 10.3. The Morgan fingerprint density at radius 3 is 2.48 bits per heavy atom. The van der Waals surface area contributed by atoms with Crippen LogP contribution in [0.3, 0.4) is 0 Å². The summed E-state index contributed by atoms with van der Waals surface area (Å²) in [7, 11) is -0.908. The number of anilines is 5. The number of nitrogens with zero attached hydrogens (tertiary/aromatic N) is 6. The Bertz CT molecular complexity index is 2490. The van der Waals surface area contributed by atoms with Crippen LogP contribution in [0, 0.1) is 0 Å². The van der Waals surface area contributed by atoms with Crippen LogP contribution in [0.2, 0.25) is 5.02 Å². The number of methoxy groups -OCH3 is 1. The molecule has 16 nitrogen and oxygen atoms in total. The standard InChI is InChI=1S/C47H58ClN10O6PS/c1-64-39-27-32(13-14-36(39)52-47-50-28-35(48)44(54-47)51-37-10-4-5-11-40(37)65(2,3)63)56-20-17-31(18-21-56)57-24-22-55(23-25-57)30-43(60)49-19-6-7-26-66-41-12-8-9-33-34(41)29-58(46(33)62)38-15-16-42(59)53-45(38)61/h4-5,8-14,27-28,31,38H,6-7,15-26,29-30H2,1-3H3,(H,49,60)(H,53,59,61)(H2,50,51,52,54). The van der Waals surface area contributed by atoms with Gasteiger partial charge in [0, 0.05) is 92.3 Å². The molecule has 4 amide bonds. The first-order valence-corrected chi connectivity index (χ1v) is 26.6. The van der Waals surface area contributed by atoms with E-state index in [4.69, 9.17) is 16.3 Å². The molecule has 66 heavy (non-hydrogen) atoms. The number of ether oxygens (including phenoxy) is 1. The van der Waals surface area contributed by atoms with Crippen molar-refractivity contribution in [2.75, 3.05) is 94.1 Å². The lowest BCUT2D eigenvalue weighted by molar-refractivity contribution is -0.137. The van der Waals surface area contributed by atoms with E-state index in [9.17, 15) is 23.7 Å². The number of piperazine rings is 1. The SMILES string of the molecule is COc1cc(N2CCC(N3CCN(CC(=O)NCCCCSc4cccc5c4CN(C4CCC(=O)NC4=O)C5=O)CC3)CC2)ccc1Nc1ncc(Cl)c(Nc2ccccc2P(C)(C)=O)n1. The fourth-order valence-electron chi connectivity index (χ4n) is 9.16. The monoisotopic (exact) mass is 956 g/mol. The van der Waals surface area contributed by atoms with Crippen molar-refractivity contribution < 1.29 is 28.5 Å². The highest BCUT2D eigenvalue weighted by Crippen LogP contribution is 2.40. The number of hydrogen-bond acceptors (Lipinski definition) is 14. The van der Waals surface area contributed by atoms with Gasteiger partial charge >= 0.3 is 0 Å². The summed E-state index contributed by atoms with van der Waals surface area (Å²) in [6.07, 6.45) is 5.97. The van der Waals surface area contributed by atoms with Gasteiger partial charge in [0.25, 0.3) is 5.91 Å². The molecule has 4 aromatic rings. The average molecular weight is 958 g/mol. The third-order valence-electron chi connectivity index (χ3n) is 12.7. The quantitative estimate of drug-likeness (QED) is 0.0425. The maximum atomic E-state index is 13.2. The maximum Gasteiger partial charge on any atom is 0.255 e. The highest BCUT2D eigenvalue weighted by Gasteiger charge is 2.40. The lowest BCUT2D eigenvalue weighted by atomic mass is 10.0. The molecule has 3 fully saturated rings. The number of benzene rings is 3. The Morgan fingerprint density at radius 1 is 0.939 bits per heavy atom. The zero-order valence-corrected chi connectivity index (χ0v) is 40.2. The zero-order valence-electron chi connectivity index (χ0n) is 37.7. The van der Waals surface area contributed by atoms with Crippen LogP contribution in [-0.4, -0.2) is 139 Å². The second-order valence-corrected chi connectivity index (χ2v) is 22.2. The second-order valence-electron chi connectivity index (χ2n) is 17.5. The molecule has 5 heterocycles. The predicted octanol–water partition coefficient (Wildman–Crippen LogP) is 5.91. The van der Waals surface area contributed by atoms with Crippen molar-refractivity contribution in [1.82, 2.24) is 35.3 Å². The smallest absolute Gasteiger partial charge is 0.255 e. The Morgan fingerprint density at radius 2 is 1.73 bits per heavy atom. The van der Waals surface area contributed by atoms with Crippen molar-refractivity contribution in [2.45, 2.75) is 62.0 Å². The van der Waals surface area contributed by atoms with Gasteiger partial charge in [-0.3, -0.25) is 34.3 Å². The second kappa shape index (κ2) is 21.2. The van der Waals surface area contributed by atoms with Gasteiger partial charge in [-0.05, 0) is 93.1 Å². The Balaban J connectivity index is 0.730. The van der Waals surface area contributed by atoms with Crippen molar-refractivity contribution in [2.24, 2.45) is 0 Å². The molecule has 4 N–H and O–H groups in total. The first kappa shape index (κ1) is 47.3. The molecule has 0 spiro atoms. The lowest BCUT2D eigenvalue weighted by Gasteiger charge is -2.43. The summed E-state index contributed by atoms with van der Waals surface area (Å²) < 4.78 is 18.7. The molecule has 1 aromatic heterocycles. The molecule has 3 saturated heterocycles. The maximum absolute atomic E-state index is 13.2. The molecule has 4 aliphatic rings. The van der Waals surface area contributed by atoms with Gasteiger partial charge in [0.05, 0.1) is 31.2 Å². The predicted molar refractivity (Wildman–Crippen MR) is 261 cm³/mol. The number of carbonyl (C=O) groups is 4. The van der Waals surface area contributed by atoms with Gasteiger partial charge in [-0.25, -0.2) is 4.98 Å². The summed E-state index contributed by atoms with van der Waals surface area (Å²) in [5.74, 6) is 1.44. The van der Waals surface area contributed by atoms with E-state index in [0.717, 1.165) is 86.9 Å². The van der Waals surface area contributed by atoms with Crippen molar-refractivity contribution in [1.29, 1.82) is 0 Å². The summed E-state index contributed by atoms with van der Waals surface area (Å²) in [5, 5.41) is 13.0. The molecule has 3 aromatic carbocycles. The van der Waals surface area contributed by atoms with Crippen molar-refractivity contribution in [3.63, 3.8) is 0 Å². The molecule has 19 heteroatoms. The van der Waals surface area contributed by atoms with Gasteiger partial charge in [0.1, 0.15) is 24.0 Å². The molecule has 1 atom stereocenters. The van der Waals surface area contributed by atoms with Crippen LogP contribution in [-0.2, 0) is 25.5 Å². The third-order valence-corrected chi connectivity index (χ3v) is 15.7. The van der Waals surface area contributed by atoms with Gasteiger partial charge < -0.3 is 35.1 Å². The number of fused-ring (bicyclic) bond motifs is 1. The van der Waals surface area contributed by atoms with Crippen LogP contribution in [0.15, 0.2) is 71.8 Å². The minimum Gasteiger partial charge on any atom is -0.494 e. The molecular weight excluding hydrogens is 899 g/mol. The lowest BCUT2D eigenvalue weighted by Crippen LogP contribution is -2.54. The fraction of sp³-hybridized carbons (Fsp3) is 0.447. The van der Waals surface area contributed by atoms with Gasteiger partial charge in [-0.1, -0.05) is 29.8 Å². The number of halogens is 1. The number of nitrogens with one attached hydrogen (secondary N) is 4. The van der Waals surface area contributed by atoms with E-state index in [-0.39, 0.29) is 24.1 Å². The minimum absolute atomic E-state index is 0.0555. The van der Waals surface area contributed by atoms with Gasteiger partial charge in [0.2, 0.25) is 23.7 Å². The van der Waals surface area contributed by atoms with Gasteiger partial charge in [-0.15, -0.1) is 11.8 Å². The minimum atomic E-state index is -2.55. The van der Waals surface area contributed by atoms with Crippen LogP contribution < -0.4 is 36.2 Å². The van der Waals surface area contributed by atoms with Crippen LogP contribution in [0.4, 0.5) is 28.8 Å². The normalized spacial score (nSPS) is 18.5. The van der Waals surface area contributed by atoms with E-state index >= 15 is 0 Å². The number of aromatic nitrogens is 2. The van der Waals surface area contributed by atoms with E-state index < -0.39 is 19.1 Å². The Hall–Kier alpha value is -5.19. The van der Waals surface area contributed by atoms with E-state index in [1.54, 1.807) is 37.1 Å². The van der Waals surface area contributed by atoms with E-state index in [2.05, 4.69) is 52.0 Å². The Kier molecular flexibility index (Phi) is 15.2. The molecule has 4 aliphatic heterocycles. The molecule has 8 rings (SSSR count). The summed E-state index contributed by atoms with van der Waals surface area (Å²) in [4.78, 5) is 69.0. The van der Waals surface area contributed by atoms with Crippen LogP contribution >= 0.6 is 30.5 Å². The fourth-order valence-corrected chi connectivity index (χ4v) is 11.5. The zero-order chi connectivity index (χ0) is 46.4. The number of unbranched alkanes of at least 4 members (excludes halogenated alkanes) is 1. The highest BCUT2D eigenvalue weighted by molar-refractivity contribution is 7.99. The molecule has 1 unspecified atom stereocenters. The van der Waals surface area contributed by atoms with Crippen molar-refractivity contribution >= 4 is 88.3 Å². The number of para-hydroxylation sites is 1. The topological polar surface area (TPSA) is 181 Å². The first-order valence-electron chi connectivity index (χ1n) is 22.6. The largest absolute Gasteiger partial charge is 0.494 e. The number of thioether (sulfide) groups is 1. The van der Waals surface area contributed by atoms with E-state index in [1.807, 2.05) is 54.6 Å². The highest BCUT2D eigenvalue weighted by atomic mass is 35.5. The number of imide groups is 1. The summed E-state index contributed by atoms with van der Waals surface area (Å²) in [5.41, 5.74) is 4.05. The van der Waals surface area contributed by atoms with Crippen molar-refractivity contribution in [3.8, 4) is 5.75 Å². The summed E-state index contributed by atoms with van der Waals surface area (Å²) in [6, 6.07) is 19.1. The first-order chi connectivity index (χ1) is 31.8. The molecule has 0 radical (unpaired) electrons. The van der Waals surface area contributed by atoms with Crippen LogP contribution in [0.5, 0.6) is 5.75 Å². The molecule has 0 saturated carbocycles. The summed E-state index contributed by atoms with van der Waals surface area (Å²) >= 11 is 8.18. The molecule has 0 bridgehead atoms. The van der Waals surface area contributed by atoms with Crippen LogP contribution in [0.25, 0.3) is 0 Å². The van der Waals surface area contributed by atoms with E-state index in [0.29, 0.717) is 76.9 Å². The average Bonchev–Trinajstić information content (AvgIpc) is 3.64. The number of piperidine rings is 2. The molecule has 0 aliphatic carbocycles. The van der Waals surface area contributed by atoms with Gasteiger partial charge in [-0.2, -0.15) is 4.98 Å². The number of amides is 4. The number of carbonyl (C=O) groups excluding carboxylic acids is 4.